The second kappa shape index (κ2) is 7.04. The fourth-order valence-electron chi connectivity index (χ4n) is 3.16. The van der Waals surface area contributed by atoms with E-state index in [1.165, 1.54) is 12.1 Å². The Kier molecular flexibility index (Phi) is 4.53. The highest BCUT2D eigenvalue weighted by molar-refractivity contribution is 7.86. The van der Waals surface area contributed by atoms with Crippen LogP contribution in [-0.2, 0) is 10.1 Å². The Morgan fingerprint density at radius 1 is 0.759 bits per heavy atom. The van der Waals surface area contributed by atoms with E-state index in [1.54, 1.807) is 36.4 Å². The van der Waals surface area contributed by atoms with Crippen molar-refractivity contribution in [3.05, 3.63) is 71.6 Å². The number of fused-ring (bicyclic) bond motifs is 2. The first-order valence-corrected chi connectivity index (χ1v) is 9.83. The molecule has 0 radical (unpaired) electrons. The number of azo groups is 1. The van der Waals surface area contributed by atoms with E-state index in [2.05, 4.69) is 15.4 Å². The standard InChI is InChI=1S/C20H13N3O5S/c24-17-11-18(29(26,27)28)14-7-3-4-8-15(14)20(17)22-21-16-10-9-12-5-1-2-6-13(12)19(16)23-25/h1-11,24H,(H,26,27,28). The first-order chi connectivity index (χ1) is 13.9. The van der Waals surface area contributed by atoms with Crippen molar-refractivity contribution in [3.63, 3.8) is 0 Å². The van der Waals surface area contributed by atoms with Crippen molar-refractivity contribution in [2.24, 2.45) is 15.4 Å². The summed E-state index contributed by atoms with van der Waals surface area (Å²) in [6.45, 7) is 0. The van der Waals surface area contributed by atoms with E-state index in [-0.39, 0.29) is 27.8 Å². The Morgan fingerprint density at radius 3 is 2.10 bits per heavy atom. The molecule has 0 saturated heterocycles. The lowest BCUT2D eigenvalue weighted by Gasteiger charge is -2.08. The number of nitrogens with zero attached hydrogens (tertiary/aromatic N) is 3. The number of hydrogen-bond donors (Lipinski definition) is 2. The number of aromatic hydroxyl groups is 1. The van der Waals surface area contributed by atoms with Gasteiger partial charge in [-0.1, -0.05) is 54.6 Å². The molecule has 0 saturated carbocycles. The van der Waals surface area contributed by atoms with Gasteiger partial charge in [0.1, 0.15) is 27.7 Å². The van der Waals surface area contributed by atoms with Gasteiger partial charge in [0.05, 0.1) is 0 Å². The van der Waals surface area contributed by atoms with Crippen LogP contribution in [-0.4, -0.2) is 18.1 Å². The number of benzene rings is 4. The van der Waals surface area contributed by atoms with E-state index in [0.717, 1.165) is 11.5 Å². The molecule has 9 heteroatoms. The molecule has 0 amide bonds. The molecule has 4 rings (SSSR count). The molecule has 8 nitrogen and oxygen atoms in total. The van der Waals surface area contributed by atoms with Crippen molar-refractivity contribution in [1.29, 1.82) is 0 Å². The van der Waals surface area contributed by atoms with Gasteiger partial charge in [-0.3, -0.25) is 4.55 Å². The van der Waals surface area contributed by atoms with Gasteiger partial charge in [-0.15, -0.1) is 15.1 Å². The van der Waals surface area contributed by atoms with E-state index >= 15 is 0 Å². The van der Waals surface area contributed by atoms with E-state index in [0.29, 0.717) is 5.39 Å². The fourth-order valence-corrected chi connectivity index (χ4v) is 3.87. The van der Waals surface area contributed by atoms with Gasteiger partial charge >= 0.3 is 0 Å². The largest absolute Gasteiger partial charge is 0.506 e. The van der Waals surface area contributed by atoms with Crippen molar-refractivity contribution in [3.8, 4) is 5.75 Å². The fraction of sp³-hybridized carbons (Fsp3) is 0. The van der Waals surface area contributed by atoms with Crippen LogP contribution in [0.15, 0.2) is 87.0 Å². The molecule has 29 heavy (non-hydrogen) atoms. The minimum Gasteiger partial charge on any atom is -0.506 e. The number of phenols is 1. The predicted molar refractivity (Wildman–Crippen MR) is 109 cm³/mol. The van der Waals surface area contributed by atoms with Crippen LogP contribution < -0.4 is 0 Å². The monoisotopic (exact) mass is 407 g/mol. The lowest BCUT2D eigenvalue weighted by molar-refractivity contribution is 0.468. The highest BCUT2D eigenvalue weighted by Crippen LogP contribution is 2.41. The molecule has 0 aliphatic heterocycles. The highest BCUT2D eigenvalue weighted by atomic mass is 32.2. The minimum atomic E-state index is -4.56. The zero-order valence-corrected chi connectivity index (χ0v) is 15.5. The van der Waals surface area contributed by atoms with Crippen molar-refractivity contribution in [1.82, 2.24) is 0 Å². The van der Waals surface area contributed by atoms with E-state index < -0.39 is 20.8 Å². The molecule has 0 aliphatic rings. The Labute approximate surface area is 164 Å². The number of nitroso groups, excluding NO2 is 1. The molecular formula is C20H13N3O5S. The summed E-state index contributed by atoms with van der Waals surface area (Å²) in [5.41, 5.74) is 0.296. The molecule has 0 aliphatic carbocycles. The first-order valence-electron chi connectivity index (χ1n) is 8.39. The van der Waals surface area contributed by atoms with Crippen LogP contribution in [0.3, 0.4) is 0 Å². The van der Waals surface area contributed by atoms with E-state index in [1.807, 2.05) is 12.1 Å². The molecule has 4 aromatic rings. The van der Waals surface area contributed by atoms with E-state index in [9.17, 15) is 23.0 Å². The first kappa shape index (κ1) is 18.7. The quantitative estimate of drug-likeness (QED) is 0.252. The lowest BCUT2D eigenvalue weighted by Crippen LogP contribution is -1.99. The second-order valence-corrected chi connectivity index (χ2v) is 7.60. The predicted octanol–water partition coefficient (Wildman–Crippen LogP) is 5.76. The van der Waals surface area contributed by atoms with Crippen LogP contribution in [0.25, 0.3) is 21.5 Å². The Balaban J connectivity index is 1.92. The van der Waals surface area contributed by atoms with Gasteiger partial charge in [0, 0.05) is 22.2 Å². The third-order valence-corrected chi connectivity index (χ3v) is 5.36. The van der Waals surface area contributed by atoms with Crippen LogP contribution in [0.5, 0.6) is 5.75 Å². The van der Waals surface area contributed by atoms with Gasteiger partial charge in [0.2, 0.25) is 0 Å². The van der Waals surface area contributed by atoms with Crippen LogP contribution in [0, 0.1) is 4.91 Å². The maximum atomic E-state index is 11.6. The summed E-state index contributed by atoms with van der Waals surface area (Å²) in [7, 11) is -4.56. The molecule has 4 aromatic carbocycles. The average molecular weight is 407 g/mol. The molecule has 0 unspecified atom stereocenters. The van der Waals surface area contributed by atoms with E-state index in [4.69, 9.17) is 0 Å². The van der Waals surface area contributed by atoms with Gasteiger partial charge < -0.3 is 5.11 Å². The summed E-state index contributed by atoms with van der Waals surface area (Å²) >= 11 is 0. The summed E-state index contributed by atoms with van der Waals surface area (Å²) < 4.78 is 32.7. The maximum Gasteiger partial charge on any atom is 0.295 e. The van der Waals surface area contributed by atoms with Crippen LogP contribution in [0.4, 0.5) is 17.1 Å². The molecule has 0 aromatic heterocycles. The smallest absolute Gasteiger partial charge is 0.295 e. The Bertz CT molecular complexity index is 1410. The average Bonchev–Trinajstić information content (AvgIpc) is 2.71. The maximum absolute atomic E-state index is 11.6. The van der Waals surface area contributed by atoms with Gasteiger partial charge in [-0.2, -0.15) is 8.42 Å². The molecule has 0 atom stereocenters. The lowest BCUT2D eigenvalue weighted by atomic mass is 10.1. The molecule has 0 fully saturated rings. The second-order valence-electron chi connectivity index (χ2n) is 6.21. The molecule has 144 valence electrons. The summed E-state index contributed by atoms with van der Waals surface area (Å²) in [4.78, 5) is 11.0. The third-order valence-electron chi connectivity index (χ3n) is 4.46. The Morgan fingerprint density at radius 2 is 1.41 bits per heavy atom. The Hall–Kier alpha value is -3.69. The van der Waals surface area contributed by atoms with Crippen molar-refractivity contribution >= 4 is 48.7 Å². The number of phenolic OH excluding ortho intramolecular Hbond substituents is 1. The van der Waals surface area contributed by atoms with Crippen LogP contribution >= 0.6 is 0 Å². The van der Waals surface area contributed by atoms with Crippen LogP contribution in [0.1, 0.15) is 0 Å². The van der Waals surface area contributed by atoms with Gasteiger partial charge in [-0.25, -0.2) is 0 Å². The summed E-state index contributed by atoms with van der Waals surface area (Å²) in [5, 5.41) is 23.3. The molecule has 0 spiro atoms. The molecule has 0 heterocycles. The SMILES string of the molecule is O=Nc1c(N=Nc2c(O)cc(S(=O)(=O)O)c3ccccc23)ccc2ccccc12. The zero-order chi connectivity index (χ0) is 20.6. The summed E-state index contributed by atoms with van der Waals surface area (Å²) in [6.07, 6.45) is 0. The zero-order valence-electron chi connectivity index (χ0n) is 14.7. The highest BCUT2D eigenvalue weighted by Gasteiger charge is 2.19. The molecule has 0 bridgehead atoms. The molecular weight excluding hydrogens is 394 g/mol. The topological polar surface area (TPSA) is 129 Å². The summed E-state index contributed by atoms with van der Waals surface area (Å²) in [5.74, 6) is -0.485. The normalized spacial score (nSPS) is 12.0. The van der Waals surface area contributed by atoms with Gasteiger partial charge in [-0.05, 0) is 16.6 Å². The molecule has 2 N–H and O–H groups in total. The van der Waals surface area contributed by atoms with Crippen LogP contribution in [0.2, 0.25) is 0 Å². The minimum absolute atomic E-state index is 0.00184. The van der Waals surface area contributed by atoms with Gasteiger partial charge in [0.25, 0.3) is 10.1 Å². The third kappa shape index (κ3) is 3.33. The van der Waals surface area contributed by atoms with Crippen molar-refractivity contribution < 1.29 is 18.1 Å². The van der Waals surface area contributed by atoms with Gasteiger partial charge in [0.15, 0.2) is 0 Å². The summed E-state index contributed by atoms with van der Waals surface area (Å²) in [6, 6.07) is 17.7. The number of hydrogen-bond acceptors (Lipinski definition) is 7. The van der Waals surface area contributed by atoms with Crippen molar-refractivity contribution in [2.75, 3.05) is 0 Å². The van der Waals surface area contributed by atoms with Crippen molar-refractivity contribution in [2.45, 2.75) is 4.90 Å². The number of rotatable bonds is 4.